The average molecular weight is 462 g/mol. The third-order valence-corrected chi connectivity index (χ3v) is 5.20. The quantitative estimate of drug-likeness (QED) is 0.311. The molecule has 4 rings (SSSR count). The van der Waals surface area contributed by atoms with Crippen molar-refractivity contribution in [1.29, 1.82) is 0 Å². The number of esters is 1. The molecule has 33 heavy (non-hydrogen) atoms. The van der Waals surface area contributed by atoms with Gasteiger partial charge in [0.1, 0.15) is 5.75 Å². The zero-order valence-electron chi connectivity index (χ0n) is 17.9. The maximum atomic E-state index is 13.2. The van der Waals surface area contributed by atoms with Gasteiger partial charge in [0, 0.05) is 5.56 Å². The summed E-state index contributed by atoms with van der Waals surface area (Å²) >= 11 is 6.32. The van der Waals surface area contributed by atoms with E-state index >= 15 is 0 Å². The van der Waals surface area contributed by atoms with Gasteiger partial charge in [-0.3, -0.25) is 4.79 Å². The standard InChI is InChI=1S/C25H20ClN3O4/c1-16(25(31)32-2)33-22-13-12-17(14-20(22)26)15-27-29-23(18-8-4-3-5-9-18)28-21-11-7-6-10-19(21)24(29)30/h3-16H,1-2H3/t16-/m1/s1. The van der Waals surface area contributed by atoms with E-state index in [-0.39, 0.29) is 5.56 Å². The van der Waals surface area contributed by atoms with Gasteiger partial charge in [-0.1, -0.05) is 54.1 Å². The number of rotatable bonds is 6. The van der Waals surface area contributed by atoms with Gasteiger partial charge in [0.05, 0.1) is 29.2 Å². The molecule has 7 nitrogen and oxygen atoms in total. The van der Waals surface area contributed by atoms with Crippen LogP contribution in [-0.2, 0) is 9.53 Å². The zero-order valence-corrected chi connectivity index (χ0v) is 18.7. The number of ether oxygens (including phenoxy) is 2. The summed E-state index contributed by atoms with van der Waals surface area (Å²) in [6.45, 7) is 1.57. The monoisotopic (exact) mass is 461 g/mol. The van der Waals surface area contributed by atoms with Crippen LogP contribution < -0.4 is 10.3 Å². The van der Waals surface area contributed by atoms with Crippen LogP contribution in [0.15, 0.2) is 82.7 Å². The summed E-state index contributed by atoms with van der Waals surface area (Å²) in [6, 6.07) is 21.5. The molecule has 0 fully saturated rings. The Labute approximate surface area is 194 Å². The number of benzene rings is 3. The van der Waals surface area contributed by atoms with Crippen LogP contribution in [0.25, 0.3) is 22.3 Å². The Hall–Kier alpha value is -3.97. The summed E-state index contributed by atoms with van der Waals surface area (Å²) in [7, 11) is 1.29. The van der Waals surface area contributed by atoms with Gasteiger partial charge in [-0.2, -0.15) is 9.78 Å². The predicted octanol–water partition coefficient (Wildman–Crippen LogP) is 4.54. The minimum Gasteiger partial charge on any atom is -0.477 e. The molecule has 0 spiro atoms. The molecule has 1 aromatic heterocycles. The fourth-order valence-corrected chi connectivity index (χ4v) is 3.46. The second-order valence-corrected chi connectivity index (χ2v) is 7.56. The summed E-state index contributed by atoms with van der Waals surface area (Å²) < 4.78 is 11.5. The van der Waals surface area contributed by atoms with E-state index in [1.807, 2.05) is 36.4 Å². The van der Waals surface area contributed by atoms with E-state index in [2.05, 4.69) is 14.8 Å². The van der Waals surface area contributed by atoms with Crippen LogP contribution in [-0.4, -0.2) is 35.1 Å². The molecular formula is C25H20ClN3O4. The number of para-hydroxylation sites is 1. The molecule has 3 aromatic carbocycles. The first-order valence-electron chi connectivity index (χ1n) is 10.1. The summed E-state index contributed by atoms with van der Waals surface area (Å²) in [5, 5.41) is 5.18. The Morgan fingerprint density at radius 1 is 1.09 bits per heavy atom. The van der Waals surface area contributed by atoms with Crippen LogP contribution in [0.2, 0.25) is 5.02 Å². The molecular weight excluding hydrogens is 442 g/mol. The molecule has 8 heteroatoms. The maximum absolute atomic E-state index is 13.2. The molecule has 1 atom stereocenters. The normalized spacial score (nSPS) is 12.1. The number of fused-ring (bicyclic) bond motifs is 1. The lowest BCUT2D eigenvalue weighted by Gasteiger charge is -2.13. The van der Waals surface area contributed by atoms with Crippen molar-refractivity contribution in [2.24, 2.45) is 5.10 Å². The van der Waals surface area contributed by atoms with Crippen LogP contribution in [0, 0.1) is 0 Å². The summed E-state index contributed by atoms with van der Waals surface area (Å²) in [6.07, 6.45) is 0.714. The zero-order chi connectivity index (χ0) is 23.4. The Morgan fingerprint density at radius 2 is 1.82 bits per heavy atom. The number of methoxy groups -OCH3 is 1. The number of halogens is 1. The van der Waals surface area contributed by atoms with Crippen molar-refractivity contribution in [3.63, 3.8) is 0 Å². The van der Waals surface area contributed by atoms with Crippen molar-refractivity contribution >= 4 is 34.7 Å². The van der Waals surface area contributed by atoms with Gasteiger partial charge in [-0.25, -0.2) is 9.78 Å². The highest BCUT2D eigenvalue weighted by atomic mass is 35.5. The SMILES string of the molecule is COC(=O)[C@@H](C)Oc1ccc(C=Nn2c(-c3ccccc3)nc3ccccc3c2=O)cc1Cl. The summed E-state index contributed by atoms with van der Waals surface area (Å²) in [5.74, 6) is 0.253. The minimum absolute atomic E-state index is 0.284. The number of nitrogens with zero attached hydrogens (tertiary/aromatic N) is 3. The van der Waals surface area contributed by atoms with E-state index in [0.29, 0.717) is 33.1 Å². The molecule has 0 aliphatic rings. The van der Waals surface area contributed by atoms with Gasteiger partial charge in [0.15, 0.2) is 11.9 Å². The second-order valence-electron chi connectivity index (χ2n) is 7.15. The topological polar surface area (TPSA) is 82.8 Å². The van der Waals surface area contributed by atoms with Crippen molar-refractivity contribution in [3.8, 4) is 17.1 Å². The Bertz CT molecular complexity index is 1400. The van der Waals surface area contributed by atoms with Crippen molar-refractivity contribution in [1.82, 2.24) is 9.66 Å². The highest BCUT2D eigenvalue weighted by Gasteiger charge is 2.16. The summed E-state index contributed by atoms with van der Waals surface area (Å²) in [5.41, 5.74) is 1.71. The molecule has 166 valence electrons. The molecule has 0 aliphatic heterocycles. The molecule has 4 aromatic rings. The van der Waals surface area contributed by atoms with E-state index in [0.717, 1.165) is 5.56 Å². The third kappa shape index (κ3) is 4.78. The first-order valence-corrected chi connectivity index (χ1v) is 10.5. The molecule has 1 heterocycles. The second kappa shape index (κ2) is 9.67. The summed E-state index contributed by atoms with van der Waals surface area (Å²) in [4.78, 5) is 29.4. The van der Waals surface area contributed by atoms with Gasteiger partial charge < -0.3 is 9.47 Å². The van der Waals surface area contributed by atoms with Crippen LogP contribution in [0.1, 0.15) is 12.5 Å². The lowest BCUT2D eigenvalue weighted by molar-refractivity contribution is -0.147. The van der Waals surface area contributed by atoms with Crippen LogP contribution in [0.3, 0.4) is 0 Å². The first-order chi connectivity index (χ1) is 16.0. The minimum atomic E-state index is -0.803. The first kappa shape index (κ1) is 22.2. The van der Waals surface area contributed by atoms with E-state index in [4.69, 9.17) is 16.3 Å². The smallest absolute Gasteiger partial charge is 0.346 e. The predicted molar refractivity (Wildman–Crippen MR) is 128 cm³/mol. The van der Waals surface area contributed by atoms with Crippen molar-refractivity contribution in [2.75, 3.05) is 7.11 Å². The number of hydrogen-bond acceptors (Lipinski definition) is 6. The number of carbonyl (C=O) groups is 1. The maximum Gasteiger partial charge on any atom is 0.346 e. The largest absolute Gasteiger partial charge is 0.477 e. The van der Waals surface area contributed by atoms with Gasteiger partial charge in [-0.05, 0) is 42.8 Å². The van der Waals surface area contributed by atoms with Crippen molar-refractivity contribution < 1.29 is 14.3 Å². The van der Waals surface area contributed by atoms with E-state index < -0.39 is 12.1 Å². The highest BCUT2D eigenvalue weighted by molar-refractivity contribution is 6.32. The lowest BCUT2D eigenvalue weighted by Crippen LogP contribution is -2.25. The van der Waals surface area contributed by atoms with E-state index in [1.165, 1.54) is 18.0 Å². The molecule has 0 amide bonds. The molecule has 0 saturated heterocycles. The van der Waals surface area contributed by atoms with E-state index in [9.17, 15) is 9.59 Å². The Kier molecular flexibility index (Phi) is 6.51. The average Bonchev–Trinajstić information content (AvgIpc) is 2.84. The van der Waals surface area contributed by atoms with Gasteiger partial charge in [0.2, 0.25) is 0 Å². The molecule has 0 radical (unpaired) electrons. The third-order valence-electron chi connectivity index (χ3n) is 4.90. The van der Waals surface area contributed by atoms with Gasteiger partial charge in [-0.15, -0.1) is 0 Å². The molecule has 0 saturated carbocycles. The fraction of sp³-hybridized carbons (Fsp3) is 0.120. The van der Waals surface area contributed by atoms with Gasteiger partial charge in [0.25, 0.3) is 5.56 Å². The fourth-order valence-electron chi connectivity index (χ4n) is 3.23. The van der Waals surface area contributed by atoms with E-state index in [1.54, 1.807) is 43.3 Å². The van der Waals surface area contributed by atoms with Crippen molar-refractivity contribution in [3.05, 3.63) is 93.7 Å². The Balaban J connectivity index is 1.72. The molecule has 0 aliphatic carbocycles. The lowest BCUT2D eigenvalue weighted by atomic mass is 10.2. The number of hydrogen-bond donors (Lipinski definition) is 0. The van der Waals surface area contributed by atoms with Crippen LogP contribution in [0.5, 0.6) is 5.75 Å². The highest BCUT2D eigenvalue weighted by Crippen LogP contribution is 2.26. The van der Waals surface area contributed by atoms with Crippen LogP contribution >= 0.6 is 11.6 Å². The molecule has 0 unspecified atom stereocenters. The number of carbonyl (C=O) groups excluding carboxylic acids is 1. The Morgan fingerprint density at radius 3 is 2.55 bits per heavy atom. The molecule has 0 N–H and O–H groups in total. The van der Waals surface area contributed by atoms with Gasteiger partial charge >= 0.3 is 5.97 Å². The van der Waals surface area contributed by atoms with Crippen molar-refractivity contribution in [2.45, 2.75) is 13.0 Å². The molecule has 0 bridgehead atoms. The number of aromatic nitrogens is 2. The van der Waals surface area contributed by atoms with Crippen LogP contribution in [0.4, 0.5) is 0 Å².